The van der Waals surface area contributed by atoms with Crippen molar-refractivity contribution in [3.8, 4) is 0 Å². The third-order valence-electron chi connectivity index (χ3n) is 4.95. The Balaban J connectivity index is 1.76. The molecule has 2 aliphatic carbocycles. The molecule has 0 bridgehead atoms. The number of rotatable bonds is 5. The van der Waals surface area contributed by atoms with E-state index in [1.807, 2.05) is 0 Å². The molecule has 3 N–H and O–H groups in total. The first-order valence-electron chi connectivity index (χ1n) is 8.44. The SMILES string of the molecule is O=C(NCC1CCCCC1)NC(C(=O)O)C1CCCCC1. The lowest BCUT2D eigenvalue weighted by atomic mass is 9.84. The van der Waals surface area contributed by atoms with Crippen LogP contribution in [0.3, 0.4) is 0 Å². The summed E-state index contributed by atoms with van der Waals surface area (Å²) in [4.78, 5) is 23.4. The molecule has 2 amide bonds. The zero-order valence-corrected chi connectivity index (χ0v) is 12.8. The van der Waals surface area contributed by atoms with Gasteiger partial charge in [-0.1, -0.05) is 38.5 Å². The Morgan fingerprint density at radius 3 is 2.10 bits per heavy atom. The van der Waals surface area contributed by atoms with Crippen LogP contribution in [0.25, 0.3) is 0 Å². The van der Waals surface area contributed by atoms with Gasteiger partial charge in [-0.15, -0.1) is 0 Å². The Labute approximate surface area is 126 Å². The maximum absolute atomic E-state index is 12.0. The Morgan fingerprint density at radius 1 is 0.952 bits per heavy atom. The number of amides is 2. The average molecular weight is 296 g/mol. The highest BCUT2D eigenvalue weighted by atomic mass is 16.4. The normalized spacial score (nSPS) is 22.5. The Bertz CT molecular complexity index is 347. The number of urea groups is 1. The third-order valence-corrected chi connectivity index (χ3v) is 4.95. The molecule has 2 saturated carbocycles. The number of aliphatic carboxylic acids is 1. The smallest absolute Gasteiger partial charge is 0.326 e. The second kappa shape index (κ2) is 8.25. The minimum absolute atomic E-state index is 0.0803. The maximum atomic E-state index is 12.0. The number of carbonyl (C=O) groups is 2. The lowest BCUT2D eigenvalue weighted by Gasteiger charge is -2.28. The van der Waals surface area contributed by atoms with Crippen molar-refractivity contribution in [2.24, 2.45) is 11.8 Å². The molecule has 2 fully saturated rings. The molecule has 5 nitrogen and oxygen atoms in total. The quantitative estimate of drug-likeness (QED) is 0.730. The summed E-state index contributed by atoms with van der Waals surface area (Å²) < 4.78 is 0. The Hall–Kier alpha value is -1.26. The molecule has 2 aliphatic rings. The Morgan fingerprint density at radius 2 is 1.52 bits per heavy atom. The van der Waals surface area contributed by atoms with E-state index in [9.17, 15) is 14.7 Å². The molecular formula is C16H28N2O3. The average Bonchev–Trinajstić information content (AvgIpc) is 2.52. The van der Waals surface area contributed by atoms with Crippen molar-refractivity contribution in [2.45, 2.75) is 70.3 Å². The molecule has 2 rings (SSSR count). The highest BCUT2D eigenvalue weighted by Crippen LogP contribution is 2.26. The summed E-state index contributed by atoms with van der Waals surface area (Å²) in [5, 5.41) is 14.9. The predicted octanol–water partition coefficient (Wildman–Crippen LogP) is 2.90. The van der Waals surface area contributed by atoms with Gasteiger partial charge in [0.1, 0.15) is 6.04 Å². The highest BCUT2D eigenvalue weighted by Gasteiger charge is 2.30. The van der Waals surface area contributed by atoms with Crippen molar-refractivity contribution in [2.75, 3.05) is 6.54 Å². The van der Waals surface area contributed by atoms with Gasteiger partial charge in [0.05, 0.1) is 0 Å². The number of carbonyl (C=O) groups excluding carboxylic acids is 1. The first-order chi connectivity index (χ1) is 10.2. The molecule has 0 aromatic carbocycles. The summed E-state index contributed by atoms with van der Waals surface area (Å²) in [7, 11) is 0. The van der Waals surface area contributed by atoms with Crippen molar-refractivity contribution in [3.05, 3.63) is 0 Å². The van der Waals surface area contributed by atoms with Crippen LogP contribution in [-0.2, 0) is 4.79 Å². The van der Waals surface area contributed by atoms with Crippen molar-refractivity contribution in [1.82, 2.24) is 10.6 Å². The van der Waals surface area contributed by atoms with Gasteiger partial charge in [-0.2, -0.15) is 0 Å². The van der Waals surface area contributed by atoms with E-state index in [2.05, 4.69) is 10.6 Å². The van der Waals surface area contributed by atoms with Crippen molar-refractivity contribution in [1.29, 1.82) is 0 Å². The molecule has 1 atom stereocenters. The van der Waals surface area contributed by atoms with Crippen LogP contribution < -0.4 is 10.6 Å². The number of nitrogens with one attached hydrogen (secondary N) is 2. The topological polar surface area (TPSA) is 78.4 Å². The highest BCUT2D eigenvalue weighted by molar-refractivity contribution is 5.82. The van der Waals surface area contributed by atoms with E-state index in [0.29, 0.717) is 12.5 Å². The van der Waals surface area contributed by atoms with Gasteiger partial charge in [0.15, 0.2) is 0 Å². The van der Waals surface area contributed by atoms with Crippen LogP contribution in [0.15, 0.2) is 0 Å². The first kappa shape index (κ1) is 16.1. The fourth-order valence-corrected chi connectivity index (χ4v) is 3.67. The largest absolute Gasteiger partial charge is 0.480 e. The molecule has 0 aliphatic heterocycles. The molecule has 0 saturated heterocycles. The summed E-state index contributed by atoms with van der Waals surface area (Å²) >= 11 is 0. The number of hydrogen-bond acceptors (Lipinski definition) is 2. The Kier molecular flexibility index (Phi) is 6.33. The number of carboxylic acids is 1. The van der Waals surface area contributed by atoms with Gasteiger partial charge >= 0.3 is 12.0 Å². The lowest BCUT2D eigenvalue weighted by molar-refractivity contribution is -0.141. The van der Waals surface area contributed by atoms with E-state index in [1.54, 1.807) is 0 Å². The summed E-state index contributed by atoms with van der Waals surface area (Å²) in [6, 6.07) is -1.06. The molecule has 0 aromatic rings. The van der Waals surface area contributed by atoms with Crippen molar-refractivity contribution >= 4 is 12.0 Å². The number of carboxylic acid groups (broad SMARTS) is 1. The molecule has 1 unspecified atom stereocenters. The van der Waals surface area contributed by atoms with E-state index < -0.39 is 12.0 Å². The summed E-state index contributed by atoms with van der Waals surface area (Å²) in [6.45, 7) is 0.669. The molecule has 21 heavy (non-hydrogen) atoms. The predicted molar refractivity (Wildman–Crippen MR) is 81.1 cm³/mol. The van der Waals surface area contributed by atoms with Gasteiger partial charge in [-0.3, -0.25) is 0 Å². The first-order valence-corrected chi connectivity index (χ1v) is 8.44. The standard InChI is InChI=1S/C16H28N2O3/c19-15(20)14(13-9-5-2-6-10-13)18-16(21)17-11-12-7-3-1-4-8-12/h12-14H,1-11H2,(H,19,20)(H2,17,18,21). The number of hydrogen-bond donors (Lipinski definition) is 3. The van der Waals surface area contributed by atoms with Crippen LogP contribution in [0.4, 0.5) is 4.79 Å². The van der Waals surface area contributed by atoms with Crippen LogP contribution in [-0.4, -0.2) is 29.7 Å². The van der Waals surface area contributed by atoms with Gasteiger partial charge in [0.2, 0.25) is 0 Å². The van der Waals surface area contributed by atoms with Gasteiger partial charge in [0.25, 0.3) is 0 Å². The van der Waals surface area contributed by atoms with E-state index in [-0.39, 0.29) is 11.9 Å². The monoisotopic (exact) mass is 296 g/mol. The summed E-state index contributed by atoms with van der Waals surface area (Å²) in [6.07, 6.45) is 11.2. The molecular weight excluding hydrogens is 268 g/mol. The zero-order valence-electron chi connectivity index (χ0n) is 12.8. The van der Waals surface area contributed by atoms with Gasteiger partial charge in [0, 0.05) is 6.54 Å². The maximum Gasteiger partial charge on any atom is 0.326 e. The molecule has 0 radical (unpaired) electrons. The summed E-state index contributed by atoms with van der Waals surface area (Å²) in [5.41, 5.74) is 0. The fraction of sp³-hybridized carbons (Fsp3) is 0.875. The minimum Gasteiger partial charge on any atom is -0.480 e. The lowest BCUT2D eigenvalue weighted by Crippen LogP contribution is -2.50. The fourth-order valence-electron chi connectivity index (χ4n) is 3.67. The van der Waals surface area contributed by atoms with Crippen LogP contribution >= 0.6 is 0 Å². The van der Waals surface area contributed by atoms with Crippen LogP contribution in [0.1, 0.15) is 64.2 Å². The van der Waals surface area contributed by atoms with Gasteiger partial charge in [-0.05, 0) is 37.5 Å². The van der Waals surface area contributed by atoms with Crippen LogP contribution in [0.5, 0.6) is 0 Å². The van der Waals surface area contributed by atoms with Crippen LogP contribution in [0, 0.1) is 11.8 Å². The molecule has 120 valence electrons. The molecule has 5 heteroatoms. The van der Waals surface area contributed by atoms with Crippen molar-refractivity contribution in [3.63, 3.8) is 0 Å². The van der Waals surface area contributed by atoms with E-state index in [0.717, 1.165) is 25.7 Å². The summed E-state index contributed by atoms with van der Waals surface area (Å²) in [5.74, 6) is -0.270. The second-order valence-corrected chi connectivity index (χ2v) is 6.57. The third kappa shape index (κ3) is 5.21. The van der Waals surface area contributed by atoms with Gasteiger partial charge in [-0.25, -0.2) is 9.59 Å². The van der Waals surface area contributed by atoms with Crippen LogP contribution in [0.2, 0.25) is 0 Å². The van der Waals surface area contributed by atoms with Crippen molar-refractivity contribution < 1.29 is 14.7 Å². The van der Waals surface area contributed by atoms with Gasteiger partial charge < -0.3 is 15.7 Å². The molecule has 0 heterocycles. The van der Waals surface area contributed by atoms with E-state index >= 15 is 0 Å². The molecule has 0 aromatic heterocycles. The minimum atomic E-state index is -0.908. The van der Waals surface area contributed by atoms with E-state index in [4.69, 9.17) is 0 Å². The zero-order chi connectivity index (χ0) is 15.1. The second-order valence-electron chi connectivity index (χ2n) is 6.57. The molecule has 0 spiro atoms. The van der Waals surface area contributed by atoms with E-state index in [1.165, 1.54) is 38.5 Å².